The SMILES string of the molecule is C#CN(C(=O)C(NC(=O)OC(C)(C)C)C(C)C)C(C(=O)NCC(=O)OC)c1ccccc1C. The molecule has 0 saturated heterocycles. The molecule has 0 aromatic heterocycles. The van der Waals surface area contributed by atoms with E-state index in [2.05, 4.69) is 21.4 Å². The van der Waals surface area contributed by atoms with Gasteiger partial charge in [0.05, 0.1) is 7.11 Å². The lowest BCUT2D eigenvalue weighted by atomic mass is 9.96. The van der Waals surface area contributed by atoms with Crippen molar-refractivity contribution in [2.24, 2.45) is 5.92 Å². The van der Waals surface area contributed by atoms with E-state index in [1.165, 1.54) is 7.11 Å². The number of aryl methyl sites for hydroxylation is 1. The molecule has 0 radical (unpaired) electrons. The van der Waals surface area contributed by atoms with E-state index in [0.717, 1.165) is 4.90 Å². The summed E-state index contributed by atoms with van der Waals surface area (Å²) in [5, 5.41) is 5.01. The van der Waals surface area contributed by atoms with E-state index in [1.54, 1.807) is 65.8 Å². The number of alkyl carbamates (subject to hydrolysis) is 1. The molecule has 0 fully saturated rings. The number of amides is 3. The first-order chi connectivity index (χ1) is 15.3. The van der Waals surface area contributed by atoms with Crippen molar-refractivity contribution in [3.05, 3.63) is 35.4 Å². The van der Waals surface area contributed by atoms with Crippen molar-refractivity contribution in [2.45, 2.75) is 59.2 Å². The van der Waals surface area contributed by atoms with Crippen molar-refractivity contribution in [1.82, 2.24) is 15.5 Å². The Hall–Kier alpha value is -3.54. The molecule has 3 amide bonds. The average molecular weight is 460 g/mol. The summed E-state index contributed by atoms with van der Waals surface area (Å²) in [6.07, 6.45) is 4.91. The molecule has 0 aliphatic rings. The minimum atomic E-state index is -1.24. The predicted octanol–water partition coefficient (Wildman–Crippen LogP) is 2.29. The standard InChI is InChI=1S/C24H33N3O6/c1-9-27(22(30)19(15(2)3)26-23(31)33-24(5,6)7)20(17-13-11-10-12-16(17)4)21(29)25-14-18(28)32-8/h1,10-13,15,19-20H,14H2,2-8H3,(H,25,29)(H,26,31). The van der Waals surface area contributed by atoms with E-state index in [9.17, 15) is 19.2 Å². The van der Waals surface area contributed by atoms with Gasteiger partial charge in [0.15, 0.2) is 0 Å². The number of rotatable bonds is 8. The molecule has 0 bridgehead atoms. The molecular formula is C24H33N3O6. The van der Waals surface area contributed by atoms with Gasteiger partial charge in [-0.3, -0.25) is 19.3 Å². The van der Waals surface area contributed by atoms with Crippen LogP contribution in [0.4, 0.5) is 4.79 Å². The lowest BCUT2D eigenvalue weighted by Gasteiger charge is -2.32. The summed E-state index contributed by atoms with van der Waals surface area (Å²) in [7, 11) is 1.19. The molecule has 0 aliphatic carbocycles. The molecule has 0 aliphatic heterocycles. The minimum Gasteiger partial charge on any atom is -0.468 e. The maximum absolute atomic E-state index is 13.5. The zero-order valence-corrected chi connectivity index (χ0v) is 20.2. The predicted molar refractivity (Wildman–Crippen MR) is 123 cm³/mol. The molecule has 2 unspecified atom stereocenters. The molecular weight excluding hydrogens is 426 g/mol. The molecule has 0 spiro atoms. The number of hydrogen-bond acceptors (Lipinski definition) is 6. The number of carbonyl (C=O) groups excluding carboxylic acids is 4. The third kappa shape index (κ3) is 8.15. The van der Waals surface area contributed by atoms with Crippen LogP contribution in [-0.2, 0) is 23.9 Å². The monoisotopic (exact) mass is 459 g/mol. The van der Waals surface area contributed by atoms with Crippen LogP contribution in [0.5, 0.6) is 0 Å². The second-order valence-corrected chi connectivity index (χ2v) is 8.76. The average Bonchev–Trinajstić information content (AvgIpc) is 2.72. The highest BCUT2D eigenvalue weighted by Crippen LogP contribution is 2.25. The number of hydrogen-bond donors (Lipinski definition) is 2. The van der Waals surface area contributed by atoms with Crippen molar-refractivity contribution in [3.8, 4) is 12.5 Å². The van der Waals surface area contributed by atoms with E-state index in [1.807, 2.05) is 0 Å². The van der Waals surface area contributed by atoms with Gasteiger partial charge in [-0.2, -0.15) is 0 Å². The smallest absolute Gasteiger partial charge is 0.408 e. The molecule has 2 N–H and O–H groups in total. The Kier molecular flexibility index (Phi) is 9.92. The van der Waals surface area contributed by atoms with Crippen LogP contribution in [0, 0.1) is 25.3 Å². The van der Waals surface area contributed by atoms with Crippen LogP contribution in [0.25, 0.3) is 0 Å². The number of terminal acetylenes is 1. The van der Waals surface area contributed by atoms with E-state index >= 15 is 0 Å². The van der Waals surface area contributed by atoms with Gasteiger partial charge in [0, 0.05) is 6.04 Å². The van der Waals surface area contributed by atoms with Crippen molar-refractivity contribution < 1.29 is 28.7 Å². The molecule has 0 saturated carbocycles. The maximum atomic E-state index is 13.5. The molecule has 2 atom stereocenters. The largest absolute Gasteiger partial charge is 0.468 e. The summed E-state index contributed by atoms with van der Waals surface area (Å²) in [6.45, 7) is 9.94. The van der Waals surface area contributed by atoms with Crippen molar-refractivity contribution >= 4 is 23.9 Å². The fourth-order valence-electron chi connectivity index (χ4n) is 2.98. The Bertz CT molecular complexity index is 914. The molecule has 1 aromatic carbocycles. The van der Waals surface area contributed by atoms with Crippen LogP contribution in [0.15, 0.2) is 24.3 Å². The quantitative estimate of drug-likeness (QED) is 0.350. The number of carbonyl (C=O) groups is 4. The molecule has 1 aromatic rings. The number of ether oxygens (including phenoxy) is 2. The third-order valence-corrected chi connectivity index (χ3v) is 4.61. The maximum Gasteiger partial charge on any atom is 0.408 e. The van der Waals surface area contributed by atoms with E-state index in [-0.39, 0.29) is 5.92 Å². The zero-order chi connectivity index (χ0) is 25.3. The van der Waals surface area contributed by atoms with Crippen molar-refractivity contribution in [2.75, 3.05) is 13.7 Å². The van der Waals surface area contributed by atoms with E-state index < -0.39 is 48.1 Å². The Morgan fingerprint density at radius 1 is 1.15 bits per heavy atom. The normalized spacial score (nSPS) is 12.7. The Balaban J connectivity index is 3.35. The fourth-order valence-corrected chi connectivity index (χ4v) is 2.98. The van der Waals surface area contributed by atoms with Gasteiger partial charge in [0.1, 0.15) is 24.2 Å². The second-order valence-electron chi connectivity index (χ2n) is 8.76. The Morgan fingerprint density at radius 2 is 1.76 bits per heavy atom. The lowest BCUT2D eigenvalue weighted by molar-refractivity contribution is -0.143. The first-order valence-corrected chi connectivity index (χ1v) is 10.5. The van der Waals surface area contributed by atoms with Gasteiger partial charge >= 0.3 is 12.1 Å². The first kappa shape index (κ1) is 27.5. The second kappa shape index (κ2) is 11.9. The Morgan fingerprint density at radius 3 is 2.24 bits per heavy atom. The van der Waals surface area contributed by atoms with Gasteiger partial charge in [-0.05, 0) is 44.7 Å². The van der Waals surface area contributed by atoms with Crippen molar-refractivity contribution in [3.63, 3.8) is 0 Å². The summed E-state index contributed by atoms with van der Waals surface area (Å²) < 4.78 is 9.83. The van der Waals surface area contributed by atoms with Gasteiger partial charge in [0.25, 0.3) is 5.91 Å². The zero-order valence-electron chi connectivity index (χ0n) is 20.2. The number of esters is 1. The topological polar surface area (TPSA) is 114 Å². The minimum absolute atomic E-state index is 0.364. The van der Waals surface area contributed by atoms with Crippen LogP contribution in [0.2, 0.25) is 0 Å². The Labute approximate surface area is 195 Å². The highest BCUT2D eigenvalue weighted by atomic mass is 16.6. The molecule has 1 rings (SSSR count). The lowest BCUT2D eigenvalue weighted by Crippen LogP contribution is -2.53. The van der Waals surface area contributed by atoms with Crippen LogP contribution >= 0.6 is 0 Å². The summed E-state index contributed by atoms with van der Waals surface area (Å²) in [5.41, 5.74) is 0.425. The van der Waals surface area contributed by atoms with Crippen LogP contribution < -0.4 is 10.6 Å². The van der Waals surface area contributed by atoms with Crippen LogP contribution in [-0.4, -0.2) is 54.1 Å². The van der Waals surface area contributed by atoms with Gasteiger partial charge in [-0.15, -0.1) is 0 Å². The summed E-state index contributed by atoms with van der Waals surface area (Å²) in [4.78, 5) is 51.4. The third-order valence-electron chi connectivity index (χ3n) is 4.61. The summed E-state index contributed by atoms with van der Waals surface area (Å²) in [5.74, 6) is -2.35. The molecule has 0 heterocycles. The van der Waals surface area contributed by atoms with E-state index in [4.69, 9.17) is 11.2 Å². The highest BCUT2D eigenvalue weighted by molar-refractivity contribution is 5.94. The molecule has 180 valence electrons. The van der Waals surface area contributed by atoms with Crippen molar-refractivity contribution in [1.29, 1.82) is 0 Å². The fraction of sp³-hybridized carbons (Fsp3) is 0.500. The van der Waals surface area contributed by atoms with Crippen LogP contribution in [0.1, 0.15) is 51.8 Å². The van der Waals surface area contributed by atoms with Crippen LogP contribution in [0.3, 0.4) is 0 Å². The molecule has 9 nitrogen and oxygen atoms in total. The van der Waals surface area contributed by atoms with Gasteiger partial charge < -0.3 is 20.1 Å². The molecule has 9 heteroatoms. The van der Waals surface area contributed by atoms with E-state index in [0.29, 0.717) is 11.1 Å². The first-order valence-electron chi connectivity index (χ1n) is 10.5. The summed E-state index contributed by atoms with van der Waals surface area (Å²) in [6, 6.07) is 6.91. The highest BCUT2D eigenvalue weighted by Gasteiger charge is 2.37. The molecule has 33 heavy (non-hydrogen) atoms. The number of nitrogens with zero attached hydrogens (tertiary/aromatic N) is 1. The number of methoxy groups -OCH3 is 1. The number of benzene rings is 1. The van der Waals surface area contributed by atoms with Gasteiger partial charge in [-0.25, -0.2) is 4.79 Å². The number of nitrogens with one attached hydrogen (secondary N) is 2. The summed E-state index contributed by atoms with van der Waals surface area (Å²) >= 11 is 0. The van der Waals surface area contributed by atoms with Gasteiger partial charge in [-0.1, -0.05) is 44.5 Å². The van der Waals surface area contributed by atoms with Gasteiger partial charge in [0.2, 0.25) is 5.91 Å².